The summed E-state index contributed by atoms with van der Waals surface area (Å²) in [5, 5.41) is 3.40. The van der Waals surface area contributed by atoms with Gasteiger partial charge < -0.3 is 24.3 Å². The van der Waals surface area contributed by atoms with Crippen molar-refractivity contribution in [3.63, 3.8) is 0 Å². The molecule has 5 nitrogen and oxygen atoms in total. The van der Waals surface area contributed by atoms with E-state index in [4.69, 9.17) is 19.0 Å². The lowest BCUT2D eigenvalue weighted by Gasteiger charge is -2.26. The molecule has 2 unspecified atom stereocenters. The minimum atomic E-state index is -2.49. The van der Waals surface area contributed by atoms with Crippen LogP contribution in [0.15, 0.2) is 36.5 Å². The molecule has 2 atom stereocenters. The average molecular weight is 375 g/mol. The van der Waals surface area contributed by atoms with Crippen molar-refractivity contribution in [1.82, 2.24) is 5.32 Å². The van der Waals surface area contributed by atoms with Crippen LogP contribution in [0.5, 0.6) is 0 Å². The third kappa shape index (κ3) is 7.79. The van der Waals surface area contributed by atoms with Crippen LogP contribution in [0, 0.1) is 0 Å². The molecule has 0 aliphatic heterocycles. The molecule has 0 saturated heterocycles. The van der Waals surface area contributed by atoms with Gasteiger partial charge in [-0.25, -0.2) is 0 Å². The molecule has 0 heterocycles. The summed E-state index contributed by atoms with van der Waals surface area (Å²) in [4.78, 5) is 0. The van der Waals surface area contributed by atoms with Crippen molar-refractivity contribution >= 4 is 27.3 Å². The number of rotatable bonds is 11. The Kier molecular flexibility index (Phi) is 12.0. The first-order valence-corrected chi connectivity index (χ1v) is 9.88. The summed E-state index contributed by atoms with van der Waals surface area (Å²) < 4.78 is 16.3. The summed E-state index contributed by atoms with van der Waals surface area (Å²) in [5.74, 6) is 0. The Hall–Kier alpha value is -0.893. The van der Waals surface area contributed by atoms with E-state index in [-0.39, 0.29) is 24.5 Å². The largest absolute Gasteiger partial charge is 0.500 e. The van der Waals surface area contributed by atoms with Gasteiger partial charge in [0.25, 0.3) is 0 Å². The van der Waals surface area contributed by atoms with Crippen LogP contribution in [0.4, 0.5) is 0 Å². The van der Waals surface area contributed by atoms with Gasteiger partial charge in [-0.3, -0.25) is 0 Å². The predicted octanol–water partition coefficient (Wildman–Crippen LogP) is 3.04. The lowest BCUT2D eigenvalue weighted by molar-refractivity contribution is 0.122. The van der Waals surface area contributed by atoms with Crippen molar-refractivity contribution in [3.05, 3.63) is 42.1 Å². The number of hydrogen-bond acceptors (Lipinski definition) is 5. The Morgan fingerprint density at radius 3 is 2.21 bits per heavy atom. The van der Waals surface area contributed by atoms with Crippen LogP contribution >= 0.6 is 12.4 Å². The fourth-order valence-corrected chi connectivity index (χ4v) is 4.17. The standard InChI is InChI=1S/C17H30N2O3Si.ClH/c1-15(18)17(11-8-14-23(20-2,21-3)22-4)19-13-12-16-9-6-5-7-10-16;/h5-7,9-10,12-13,15,17,19H,8,11,14,18H2,1-4H3;1H. The van der Waals surface area contributed by atoms with Gasteiger partial charge in [0.2, 0.25) is 0 Å². The first-order valence-electron chi connectivity index (χ1n) is 7.95. The summed E-state index contributed by atoms with van der Waals surface area (Å²) in [5.41, 5.74) is 7.24. The molecule has 3 N–H and O–H groups in total. The maximum absolute atomic E-state index is 6.08. The maximum atomic E-state index is 6.08. The van der Waals surface area contributed by atoms with Crippen molar-refractivity contribution in [2.24, 2.45) is 5.73 Å². The SMILES string of the molecule is CO[Si](CCCC(NC=Cc1ccccc1)C(C)N)(OC)OC.Cl. The highest BCUT2D eigenvalue weighted by atomic mass is 35.5. The van der Waals surface area contributed by atoms with Gasteiger partial charge in [0.05, 0.1) is 0 Å². The topological polar surface area (TPSA) is 65.7 Å². The fraction of sp³-hybridized carbons (Fsp3) is 0.529. The van der Waals surface area contributed by atoms with E-state index >= 15 is 0 Å². The molecule has 0 amide bonds. The molecule has 0 saturated carbocycles. The van der Waals surface area contributed by atoms with Gasteiger partial charge in [0, 0.05) is 39.5 Å². The van der Waals surface area contributed by atoms with Crippen molar-refractivity contribution in [1.29, 1.82) is 0 Å². The lowest BCUT2D eigenvalue weighted by Crippen LogP contribution is -2.44. The second-order valence-electron chi connectivity index (χ2n) is 5.56. The van der Waals surface area contributed by atoms with E-state index in [1.54, 1.807) is 21.3 Å². The van der Waals surface area contributed by atoms with Crippen LogP contribution < -0.4 is 11.1 Å². The third-order valence-corrected chi connectivity index (χ3v) is 6.78. The quantitative estimate of drug-likeness (QED) is 0.583. The Morgan fingerprint density at radius 2 is 1.71 bits per heavy atom. The molecule has 138 valence electrons. The molecule has 0 aliphatic carbocycles. The molecule has 0 aromatic heterocycles. The number of hydrogen-bond donors (Lipinski definition) is 2. The second-order valence-corrected chi connectivity index (χ2v) is 8.65. The molecule has 0 spiro atoms. The molecule has 0 bridgehead atoms. The Morgan fingerprint density at radius 1 is 1.12 bits per heavy atom. The van der Waals surface area contributed by atoms with Gasteiger partial charge in [-0.15, -0.1) is 12.4 Å². The summed E-state index contributed by atoms with van der Waals surface area (Å²) >= 11 is 0. The number of halogens is 1. The van der Waals surface area contributed by atoms with E-state index in [2.05, 4.69) is 17.4 Å². The van der Waals surface area contributed by atoms with Gasteiger partial charge in [-0.2, -0.15) is 0 Å². The molecule has 0 radical (unpaired) electrons. The molecule has 24 heavy (non-hydrogen) atoms. The van der Waals surface area contributed by atoms with Gasteiger partial charge in [-0.05, 0) is 37.6 Å². The molecular weight excluding hydrogens is 344 g/mol. The molecule has 0 fully saturated rings. The van der Waals surface area contributed by atoms with Crippen LogP contribution in [0.25, 0.3) is 6.08 Å². The van der Waals surface area contributed by atoms with Crippen LogP contribution in [0.1, 0.15) is 25.3 Å². The molecule has 7 heteroatoms. The predicted molar refractivity (Wildman–Crippen MR) is 104 cm³/mol. The van der Waals surface area contributed by atoms with E-state index in [1.165, 1.54) is 0 Å². The smallest absolute Gasteiger partial charge is 0.387 e. The zero-order chi connectivity index (χ0) is 17.1. The third-order valence-electron chi connectivity index (χ3n) is 3.95. The van der Waals surface area contributed by atoms with Crippen molar-refractivity contribution < 1.29 is 13.3 Å². The van der Waals surface area contributed by atoms with Gasteiger partial charge >= 0.3 is 8.80 Å². The highest BCUT2D eigenvalue weighted by molar-refractivity contribution is 6.60. The average Bonchev–Trinajstić information content (AvgIpc) is 2.58. The minimum absolute atomic E-state index is 0. The molecular formula is C17H31ClN2O3Si. The first kappa shape index (κ1) is 23.1. The second kappa shape index (κ2) is 12.5. The van der Waals surface area contributed by atoms with Crippen LogP contribution in [-0.4, -0.2) is 42.2 Å². The number of benzene rings is 1. The normalized spacial score (nSPS) is 14.2. The Bertz CT molecular complexity index is 448. The van der Waals surface area contributed by atoms with E-state index in [0.29, 0.717) is 0 Å². The van der Waals surface area contributed by atoms with E-state index in [0.717, 1.165) is 24.4 Å². The van der Waals surface area contributed by atoms with Crippen molar-refractivity contribution in [2.45, 2.75) is 37.9 Å². The number of nitrogens with two attached hydrogens (primary N) is 1. The highest BCUT2D eigenvalue weighted by Crippen LogP contribution is 2.17. The van der Waals surface area contributed by atoms with Crippen molar-refractivity contribution in [3.8, 4) is 0 Å². The molecule has 1 aromatic carbocycles. The zero-order valence-electron chi connectivity index (χ0n) is 15.0. The molecule has 0 aliphatic rings. The minimum Gasteiger partial charge on any atom is -0.387 e. The molecule has 1 aromatic rings. The highest BCUT2D eigenvalue weighted by Gasteiger charge is 2.37. The fourth-order valence-electron chi connectivity index (χ4n) is 2.42. The maximum Gasteiger partial charge on any atom is 0.500 e. The zero-order valence-corrected chi connectivity index (χ0v) is 16.8. The van der Waals surface area contributed by atoms with Crippen LogP contribution in [0.2, 0.25) is 6.04 Å². The Labute approximate surface area is 153 Å². The number of nitrogens with one attached hydrogen (secondary N) is 1. The van der Waals surface area contributed by atoms with E-state index < -0.39 is 8.80 Å². The summed E-state index contributed by atoms with van der Waals surface area (Å²) in [6, 6.07) is 11.2. The Balaban J connectivity index is 0.00000529. The van der Waals surface area contributed by atoms with Crippen LogP contribution in [0.3, 0.4) is 0 Å². The molecule has 1 rings (SSSR count). The van der Waals surface area contributed by atoms with Gasteiger partial charge in [0.1, 0.15) is 0 Å². The van der Waals surface area contributed by atoms with Gasteiger partial charge in [0.15, 0.2) is 0 Å². The monoisotopic (exact) mass is 374 g/mol. The van der Waals surface area contributed by atoms with E-state index in [9.17, 15) is 0 Å². The summed E-state index contributed by atoms with van der Waals surface area (Å²) in [7, 11) is 2.44. The first-order chi connectivity index (χ1) is 11.1. The summed E-state index contributed by atoms with van der Waals surface area (Å²) in [6.45, 7) is 2.02. The van der Waals surface area contributed by atoms with Crippen LogP contribution in [-0.2, 0) is 13.3 Å². The summed E-state index contributed by atoms with van der Waals surface area (Å²) in [6.07, 6.45) is 5.88. The van der Waals surface area contributed by atoms with Crippen molar-refractivity contribution in [2.75, 3.05) is 21.3 Å². The van der Waals surface area contributed by atoms with Gasteiger partial charge in [-0.1, -0.05) is 30.3 Å². The lowest BCUT2D eigenvalue weighted by atomic mass is 10.1. The van der Waals surface area contributed by atoms with E-state index in [1.807, 2.05) is 37.4 Å².